The first-order chi connectivity index (χ1) is 9.49. The standard InChI is InChI=1S/C10H15N5O5/c16-8(17)4-6(9(18)19)14-10(20)11-3-1-2-7-12-5-13-15-7/h5-6H,1-4H2,(H,16,17)(H,18,19)(H2,11,14,20)(H,12,13,15)/t6-/m1/s1. The number of aryl methyl sites for hydroxylation is 1. The van der Waals surface area contributed by atoms with E-state index in [2.05, 4.69) is 25.8 Å². The number of aromatic amines is 1. The molecular formula is C10H15N5O5. The SMILES string of the molecule is O=C(O)C[C@@H](NC(=O)NCCCc1ncn[nH]1)C(=O)O. The maximum Gasteiger partial charge on any atom is 0.326 e. The molecule has 2 amide bonds. The molecule has 0 radical (unpaired) electrons. The zero-order chi connectivity index (χ0) is 15.0. The summed E-state index contributed by atoms with van der Waals surface area (Å²) in [5.74, 6) is -2.02. The van der Waals surface area contributed by atoms with Crippen LogP contribution >= 0.6 is 0 Å². The van der Waals surface area contributed by atoms with E-state index in [0.717, 1.165) is 0 Å². The molecule has 0 saturated heterocycles. The zero-order valence-electron chi connectivity index (χ0n) is 10.5. The molecule has 10 nitrogen and oxygen atoms in total. The summed E-state index contributed by atoms with van der Waals surface area (Å²) >= 11 is 0. The van der Waals surface area contributed by atoms with E-state index in [1.165, 1.54) is 6.33 Å². The van der Waals surface area contributed by atoms with Gasteiger partial charge >= 0.3 is 18.0 Å². The van der Waals surface area contributed by atoms with Crippen LogP contribution in [0.1, 0.15) is 18.7 Å². The molecule has 1 aromatic rings. The number of H-pyrrole nitrogens is 1. The maximum atomic E-state index is 11.4. The minimum atomic E-state index is -1.46. The summed E-state index contributed by atoms with van der Waals surface area (Å²) in [6, 6.07) is -2.18. The molecule has 10 heteroatoms. The summed E-state index contributed by atoms with van der Waals surface area (Å²) in [6.07, 6.45) is 1.86. The van der Waals surface area contributed by atoms with E-state index in [0.29, 0.717) is 25.2 Å². The number of rotatable bonds is 8. The van der Waals surface area contributed by atoms with Gasteiger partial charge < -0.3 is 20.8 Å². The van der Waals surface area contributed by atoms with Crippen LogP contribution in [-0.4, -0.2) is 56.0 Å². The molecule has 0 saturated carbocycles. The van der Waals surface area contributed by atoms with Gasteiger partial charge in [0.1, 0.15) is 18.2 Å². The molecule has 0 aliphatic heterocycles. The highest BCUT2D eigenvalue weighted by Gasteiger charge is 2.22. The molecule has 0 bridgehead atoms. The van der Waals surface area contributed by atoms with Crippen LogP contribution in [0.5, 0.6) is 0 Å². The van der Waals surface area contributed by atoms with E-state index in [1.54, 1.807) is 0 Å². The Bertz CT molecular complexity index is 461. The number of aliphatic carboxylic acids is 2. The molecule has 5 N–H and O–H groups in total. The molecule has 0 aromatic carbocycles. The predicted octanol–water partition coefficient (Wildman–Crippen LogP) is -1.04. The van der Waals surface area contributed by atoms with Crippen LogP contribution in [0.3, 0.4) is 0 Å². The Labute approximate surface area is 113 Å². The quantitative estimate of drug-likeness (QED) is 0.382. The molecule has 20 heavy (non-hydrogen) atoms. The number of aromatic nitrogens is 3. The highest BCUT2D eigenvalue weighted by atomic mass is 16.4. The lowest BCUT2D eigenvalue weighted by Gasteiger charge is -2.13. The van der Waals surface area contributed by atoms with Crippen LogP contribution < -0.4 is 10.6 Å². The molecule has 0 aliphatic carbocycles. The molecule has 0 spiro atoms. The summed E-state index contributed by atoms with van der Waals surface area (Å²) in [4.78, 5) is 36.5. The highest BCUT2D eigenvalue weighted by Crippen LogP contribution is 1.94. The molecule has 1 aromatic heterocycles. The lowest BCUT2D eigenvalue weighted by Crippen LogP contribution is -2.47. The third-order valence-electron chi connectivity index (χ3n) is 2.32. The van der Waals surface area contributed by atoms with Crippen molar-refractivity contribution in [1.82, 2.24) is 25.8 Å². The Kier molecular flexibility index (Phi) is 5.94. The van der Waals surface area contributed by atoms with Gasteiger partial charge in [0.05, 0.1) is 6.42 Å². The van der Waals surface area contributed by atoms with Gasteiger partial charge in [-0.25, -0.2) is 14.6 Å². The fourth-order valence-corrected chi connectivity index (χ4v) is 1.39. The topological polar surface area (TPSA) is 157 Å². The molecule has 1 atom stereocenters. The summed E-state index contributed by atoms with van der Waals surface area (Å²) in [7, 11) is 0. The van der Waals surface area contributed by atoms with Gasteiger partial charge in [-0.3, -0.25) is 9.89 Å². The summed E-state index contributed by atoms with van der Waals surface area (Å²) in [5, 5.41) is 28.1. The number of carbonyl (C=O) groups is 3. The van der Waals surface area contributed by atoms with Crippen LogP contribution in [0.4, 0.5) is 4.79 Å². The molecule has 110 valence electrons. The number of carbonyl (C=O) groups excluding carboxylic acids is 1. The monoisotopic (exact) mass is 285 g/mol. The van der Waals surface area contributed by atoms with Crippen LogP contribution in [0.2, 0.25) is 0 Å². The lowest BCUT2D eigenvalue weighted by atomic mass is 10.2. The van der Waals surface area contributed by atoms with E-state index in [9.17, 15) is 14.4 Å². The summed E-state index contributed by atoms with van der Waals surface area (Å²) in [6.45, 7) is 0.298. The van der Waals surface area contributed by atoms with Crippen molar-refractivity contribution < 1.29 is 24.6 Å². The number of hydrogen-bond acceptors (Lipinski definition) is 5. The van der Waals surface area contributed by atoms with E-state index < -0.39 is 30.4 Å². The van der Waals surface area contributed by atoms with Gasteiger partial charge in [0.25, 0.3) is 0 Å². The summed E-state index contributed by atoms with van der Waals surface area (Å²) in [5.41, 5.74) is 0. The van der Waals surface area contributed by atoms with Crippen molar-refractivity contribution in [3.63, 3.8) is 0 Å². The molecule has 0 unspecified atom stereocenters. The number of nitrogens with one attached hydrogen (secondary N) is 3. The minimum absolute atomic E-state index is 0.298. The third kappa shape index (κ3) is 5.80. The molecule has 1 heterocycles. The van der Waals surface area contributed by atoms with Crippen molar-refractivity contribution >= 4 is 18.0 Å². The van der Waals surface area contributed by atoms with E-state index >= 15 is 0 Å². The minimum Gasteiger partial charge on any atom is -0.481 e. The van der Waals surface area contributed by atoms with Crippen LogP contribution in [0, 0.1) is 0 Å². The van der Waals surface area contributed by atoms with Gasteiger partial charge in [-0.15, -0.1) is 0 Å². The maximum absolute atomic E-state index is 11.4. The van der Waals surface area contributed by atoms with Crippen molar-refractivity contribution in [3.05, 3.63) is 12.2 Å². The van der Waals surface area contributed by atoms with Crippen molar-refractivity contribution in [3.8, 4) is 0 Å². The van der Waals surface area contributed by atoms with Crippen LogP contribution in [0.25, 0.3) is 0 Å². The second-order valence-electron chi connectivity index (χ2n) is 3.92. The van der Waals surface area contributed by atoms with Gasteiger partial charge in [-0.05, 0) is 6.42 Å². The number of amides is 2. The third-order valence-corrected chi connectivity index (χ3v) is 2.32. The van der Waals surface area contributed by atoms with Crippen LogP contribution in [-0.2, 0) is 16.0 Å². The average Bonchev–Trinajstić information content (AvgIpc) is 2.86. The Hall–Kier alpha value is -2.65. The molecule has 1 rings (SSSR count). The van der Waals surface area contributed by atoms with Crippen molar-refractivity contribution in [1.29, 1.82) is 0 Å². The van der Waals surface area contributed by atoms with Gasteiger partial charge in [0.15, 0.2) is 0 Å². The fourth-order valence-electron chi connectivity index (χ4n) is 1.39. The predicted molar refractivity (Wildman–Crippen MR) is 64.9 cm³/mol. The Morgan fingerprint density at radius 1 is 1.35 bits per heavy atom. The Morgan fingerprint density at radius 2 is 2.10 bits per heavy atom. The average molecular weight is 285 g/mol. The number of carboxylic acid groups (broad SMARTS) is 2. The normalized spacial score (nSPS) is 11.6. The highest BCUT2D eigenvalue weighted by molar-refractivity contribution is 5.86. The molecule has 0 fully saturated rings. The van der Waals surface area contributed by atoms with E-state index in [-0.39, 0.29) is 0 Å². The van der Waals surface area contributed by atoms with E-state index in [4.69, 9.17) is 10.2 Å². The number of nitrogens with zero attached hydrogens (tertiary/aromatic N) is 2. The first-order valence-corrected chi connectivity index (χ1v) is 5.82. The van der Waals surface area contributed by atoms with Gasteiger partial charge in [-0.2, -0.15) is 5.10 Å². The molecular weight excluding hydrogens is 270 g/mol. The number of hydrogen-bond donors (Lipinski definition) is 5. The zero-order valence-corrected chi connectivity index (χ0v) is 10.5. The lowest BCUT2D eigenvalue weighted by molar-refractivity contribution is -0.145. The number of urea groups is 1. The van der Waals surface area contributed by atoms with E-state index in [1.807, 2.05) is 0 Å². The second kappa shape index (κ2) is 7.71. The van der Waals surface area contributed by atoms with Crippen molar-refractivity contribution in [2.75, 3.05) is 6.54 Å². The van der Waals surface area contributed by atoms with Gasteiger partial charge in [-0.1, -0.05) is 0 Å². The Balaban J connectivity index is 2.24. The van der Waals surface area contributed by atoms with Crippen molar-refractivity contribution in [2.45, 2.75) is 25.3 Å². The fraction of sp³-hybridized carbons (Fsp3) is 0.500. The molecule has 0 aliphatic rings. The Morgan fingerprint density at radius 3 is 2.65 bits per heavy atom. The second-order valence-corrected chi connectivity index (χ2v) is 3.92. The van der Waals surface area contributed by atoms with Crippen LogP contribution in [0.15, 0.2) is 6.33 Å². The first kappa shape index (κ1) is 15.4. The van der Waals surface area contributed by atoms with Gasteiger partial charge in [0, 0.05) is 13.0 Å². The van der Waals surface area contributed by atoms with Crippen molar-refractivity contribution in [2.24, 2.45) is 0 Å². The number of carboxylic acids is 2. The smallest absolute Gasteiger partial charge is 0.326 e. The van der Waals surface area contributed by atoms with Gasteiger partial charge in [0.2, 0.25) is 0 Å². The largest absolute Gasteiger partial charge is 0.481 e. The summed E-state index contributed by atoms with van der Waals surface area (Å²) < 4.78 is 0. The first-order valence-electron chi connectivity index (χ1n) is 5.82.